The predicted molar refractivity (Wildman–Crippen MR) is 70.2 cm³/mol. The summed E-state index contributed by atoms with van der Waals surface area (Å²) in [7, 11) is 0. The number of amides is 3. The zero-order valence-corrected chi connectivity index (χ0v) is 11.5. The van der Waals surface area contributed by atoms with E-state index in [1.54, 1.807) is 18.2 Å². The minimum absolute atomic E-state index is 0.237. The Hall–Kier alpha value is -0.980. The third-order valence-electron chi connectivity index (χ3n) is 1.62. The topological polar surface area (TPSA) is 70.2 Å². The summed E-state index contributed by atoms with van der Waals surface area (Å²) in [6.45, 7) is 0. The molecular formula is C9H8BrCl2N3O2. The lowest BCUT2D eigenvalue weighted by Gasteiger charge is -2.09. The van der Waals surface area contributed by atoms with E-state index < -0.39 is 11.9 Å². The third-order valence-corrected chi connectivity index (χ3v) is 2.66. The van der Waals surface area contributed by atoms with Gasteiger partial charge in [-0.2, -0.15) is 0 Å². The van der Waals surface area contributed by atoms with Crippen LogP contribution in [-0.2, 0) is 4.79 Å². The average Bonchev–Trinajstić information content (AvgIpc) is 2.29. The summed E-state index contributed by atoms with van der Waals surface area (Å²) in [5.41, 5.74) is 4.64. The van der Waals surface area contributed by atoms with Gasteiger partial charge in [-0.15, -0.1) is 11.6 Å². The normalized spacial score (nSPS) is 9.59. The Morgan fingerprint density at radius 2 is 2.00 bits per heavy atom. The van der Waals surface area contributed by atoms with E-state index in [9.17, 15) is 9.59 Å². The highest BCUT2D eigenvalue weighted by Crippen LogP contribution is 2.25. The maximum atomic E-state index is 11.3. The molecule has 1 rings (SSSR count). The molecule has 0 unspecified atom stereocenters. The van der Waals surface area contributed by atoms with Gasteiger partial charge in [0.25, 0.3) is 5.91 Å². The summed E-state index contributed by atoms with van der Waals surface area (Å²) in [5, 5.41) is 2.83. The molecule has 0 aliphatic rings. The fraction of sp³-hybridized carbons (Fsp3) is 0.111. The summed E-state index contributed by atoms with van der Waals surface area (Å²) in [6, 6.07) is 4.36. The van der Waals surface area contributed by atoms with Crippen LogP contribution in [0.4, 0.5) is 10.5 Å². The molecule has 0 radical (unpaired) electrons. The fourth-order valence-corrected chi connectivity index (χ4v) is 1.69. The number of benzene rings is 1. The second-order valence-electron chi connectivity index (χ2n) is 2.89. The lowest BCUT2D eigenvalue weighted by Crippen LogP contribution is -2.44. The van der Waals surface area contributed by atoms with Gasteiger partial charge in [-0.25, -0.2) is 10.2 Å². The van der Waals surface area contributed by atoms with Crippen molar-refractivity contribution in [2.24, 2.45) is 0 Å². The summed E-state index contributed by atoms with van der Waals surface area (Å²) in [4.78, 5) is 22.1. The first kappa shape index (κ1) is 14.1. The van der Waals surface area contributed by atoms with Gasteiger partial charge in [0.1, 0.15) is 5.88 Å². The molecule has 8 heteroatoms. The molecule has 92 valence electrons. The van der Waals surface area contributed by atoms with Crippen LogP contribution in [0.1, 0.15) is 0 Å². The highest BCUT2D eigenvalue weighted by Gasteiger charge is 2.06. The number of urea groups is 1. The minimum Gasteiger partial charge on any atom is -0.305 e. The van der Waals surface area contributed by atoms with Crippen molar-refractivity contribution < 1.29 is 9.59 Å². The van der Waals surface area contributed by atoms with Crippen molar-refractivity contribution in [2.45, 2.75) is 0 Å². The van der Waals surface area contributed by atoms with E-state index >= 15 is 0 Å². The number of nitrogens with one attached hydrogen (secondary N) is 3. The zero-order valence-electron chi connectivity index (χ0n) is 8.39. The van der Waals surface area contributed by atoms with Gasteiger partial charge in [0, 0.05) is 4.47 Å². The predicted octanol–water partition coefficient (Wildman–Crippen LogP) is 2.49. The second-order valence-corrected chi connectivity index (χ2v) is 4.48. The number of hydrogen-bond acceptors (Lipinski definition) is 2. The molecule has 0 aromatic heterocycles. The highest BCUT2D eigenvalue weighted by molar-refractivity contribution is 9.10. The molecule has 1 aromatic carbocycles. The molecule has 0 heterocycles. The van der Waals surface area contributed by atoms with Crippen LogP contribution < -0.4 is 16.2 Å². The quantitative estimate of drug-likeness (QED) is 0.571. The Morgan fingerprint density at radius 3 is 2.59 bits per heavy atom. The van der Waals surface area contributed by atoms with Gasteiger partial charge in [0.2, 0.25) is 0 Å². The number of carbonyl (C=O) groups excluding carboxylic acids is 2. The Morgan fingerprint density at radius 1 is 1.29 bits per heavy atom. The van der Waals surface area contributed by atoms with Crippen molar-refractivity contribution in [3.8, 4) is 0 Å². The molecule has 17 heavy (non-hydrogen) atoms. The molecule has 0 atom stereocenters. The molecule has 3 amide bonds. The number of carbonyl (C=O) groups is 2. The summed E-state index contributed by atoms with van der Waals surface area (Å²) in [5.74, 6) is -0.747. The third kappa shape index (κ3) is 4.80. The van der Waals surface area contributed by atoms with Crippen LogP contribution in [0.15, 0.2) is 22.7 Å². The van der Waals surface area contributed by atoms with Crippen LogP contribution in [0, 0.1) is 0 Å². The van der Waals surface area contributed by atoms with E-state index in [0.29, 0.717) is 10.7 Å². The number of halogens is 3. The fourth-order valence-electron chi connectivity index (χ4n) is 0.904. The molecule has 0 saturated carbocycles. The molecule has 0 saturated heterocycles. The standard InChI is InChI=1S/C9H8BrCl2N3O2/c10-5-1-2-7(6(12)3-5)13-9(17)15-14-8(16)4-11/h1-3H,4H2,(H,14,16)(H2,13,15,17). The van der Waals surface area contributed by atoms with E-state index in [1.165, 1.54) is 0 Å². The first-order valence-corrected chi connectivity index (χ1v) is 6.10. The van der Waals surface area contributed by atoms with Gasteiger partial charge in [-0.05, 0) is 18.2 Å². The van der Waals surface area contributed by atoms with E-state index in [2.05, 4.69) is 32.1 Å². The Bertz CT molecular complexity index is 442. The van der Waals surface area contributed by atoms with Crippen LogP contribution in [0.5, 0.6) is 0 Å². The molecule has 1 aromatic rings. The van der Waals surface area contributed by atoms with Crippen molar-refractivity contribution >= 4 is 56.8 Å². The Kier molecular flexibility index (Phi) is 5.54. The first-order chi connectivity index (χ1) is 8.02. The van der Waals surface area contributed by atoms with Gasteiger partial charge in [-0.3, -0.25) is 10.2 Å². The van der Waals surface area contributed by atoms with Crippen molar-refractivity contribution in [3.05, 3.63) is 27.7 Å². The maximum absolute atomic E-state index is 11.3. The van der Waals surface area contributed by atoms with Crippen LogP contribution in [-0.4, -0.2) is 17.8 Å². The average molecular weight is 341 g/mol. The summed E-state index contributed by atoms with van der Waals surface area (Å²) in [6.07, 6.45) is 0. The van der Waals surface area contributed by atoms with Crippen LogP contribution in [0.25, 0.3) is 0 Å². The molecule has 0 aliphatic heterocycles. The van der Waals surface area contributed by atoms with Crippen molar-refractivity contribution in [1.29, 1.82) is 0 Å². The molecular weight excluding hydrogens is 333 g/mol. The van der Waals surface area contributed by atoms with Gasteiger partial charge < -0.3 is 5.32 Å². The van der Waals surface area contributed by atoms with Crippen LogP contribution in [0.2, 0.25) is 5.02 Å². The maximum Gasteiger partial charge on any atom is 0.337 e. The molecule has 3 N–H and O–H groups in total. The molecule has 5 nitrogen and oxygen atoms in total. The number of anilines is 1. The van der Waals surface area contributed by atoms with Crippen molar-refractivity contribution in [3.63, 3.8) is 0 Å². The second kappa shape index (κ2) is 6.68. The first-order valence-electron chi connectivity index (χ1n) is 4.40. The lowest BCUT2D eigenvalue weighted by atomic mass is 10.3. The zero-order chi connectivity index (χ0) is 12.8. The number of hydrogen-bond donors (Lipinski definition) is 3. The molecule has 0 bridgehead atoms. The van der Waals surface area contributed by atoms with Gasteiger partial charge in [0.15, 0.2) is 0 Å². The number of alkyl halides is 1. The lowest BCUT2D eigenvalue weighted by molar-refractivity contribution is -0.119. The Labute approximate surface area is 116 Å². The van der Waals surface area contributed by atoms with Crippen LogP contribution >= 0.6 is 39.1 Å². The summed E-state index contributed by atoms with van der Waals surface area (Å²) >= 11 is 14.3. The van der Waals surface area contributed by atoms with Gasteiger partial charge in [-0.1, -0.05) is 27.5 Å². The molecule has 0 fully saturated rings. The Balaban J connectivity index is 2.53. The van der Waals surface area contributed by atoms with E-state index in [0.717, 1.165) is 4.47 Å². The van der Waals surface area contributed by atoms with E-state index in [4.69, 9.17) is 23.2 Å². The monoisotopic (exact) mass is 339 g/mol. The van der Waals surface area contributed by atoms with Gasteiger partial charge in [0.05, 0.1) is 10.7 Å². The van der Waals surface area contributed by atoms with Crippen molar-refractivity contribution in [2.75, 3.05) is 11.2 Å². The SMILES string of the molecule is O=C(CCl)NNC(=O)Nc1ccc(Br)cc1Cl. The van der Waals surface area contributed by atoms with Gasteiger partial charge >= 0.3 is 6.03 Å². The van der Waals surface area contributed by atoms with E-state index in [-0.39, 0.29) is 5.88 Å². The van der Waals surface area contributed by atoms with Crippen LogP contribution in [0.3, 0.4) is 0 Å². The number of rotatable bonds is 2. The van der Waals surface area contributed by atoms with E-state index in [1.807, 2.05) is 0 Å². The molecule has 0 aliphatic carbocycles. The number of hydrazine groups is 1. The summed E-state index contributed by atoms with van der Waals surface area (Å²) < 4.78 is 0.795. The van der Waals surface area contributed by atoms with Crippen molar-refractivity contribution in [1.82, 2.24) is 10.9 Å². The molecule has 0 spiro atoms. The minimum atomic E-state index is -0.618. The smallest absolute Gasteiger partial charge is 0.305 e. The highest BCUT2D eigenvalue weighted by atomic mass is 79.9. The largest absolute Gasteiger partial charge is 0.337 e.